The van der Waals surface area contributed by atoms with Gasteiger partial charge in [0, 0.05) is 25.3 Å². The summed E-state index contributed by atoms with van der Waals surface area (Å²) >= 11 is 0. The van der Waals surface area contributed by atoms with Crippen molar-refractivity contribution in [1.29, 1.82) is 0 Å². The van der Waals surface area contributed by atoms with Crippen molar-refractivity contribution in [3.05, 3.63) is 24.3 Å². The average molecular weight is 244 g/mol. The van der Waals surface area contributed by atoms with Crippen molar-refractivity contribution in [2.24, 2.45) is 5.73 Å². The van der Waals surface area contributed by atoms with E-state index < -0.39 is 10.1 Å². The molecule has 0 heterocycles. The van der Waals surface area contributed by atoms with Crippen LogP contribution in [0.15, 0.2) is 29.2 Å². The number of hydrogen-bond donors (Lipinski definition) is 2. The van der Waals surface area contributed by atoms with Crippen molar-refractivity contribution < 1.29 is 13.0 Å². The quantitative estimate of drug-likeness (QED) is 0.746. The molecule has 0 saturated heterocycles. The van der Waals surface area contributed by atoms with Gasteiger partial charge in [0.25, 0.3) is 10.1 Å². The SMILES string of the molecule is CCN(CCN)c1cccc(S(=O)(=O)O)c1. The number of benzene rings is 1. The second kappa shape index (κ2) is 5.29. The van der Waals surface area contributed by atoms with Gasteiger partial charge in [-0.3, -0.25) is 4.55 Å². The fraction of sp³-hybridized carbons (Fsp3) is 0.400. The van der Waals surface area contributed by atoms with Crippen LogP contribution in [0.5, 0.6) is 0 Å². The lowest BCUT2D eigenvalue weighted by atomic mass is 10.3. The zero-order valence-corrected chi connectivity index (χ0v) is 9.94. The van der Waals surface area contributed by atoms with Crippen molar-refractivity contribution in [2.75, 3.05) is 24.5 Å². The van der Waals surface area contributed by atoms with Crippen LogP contribution >= 0.6 is 0 Å². The zero-order valence-electron chi connectivity index (χ0n) is 9.13. The second-order valence-electron chi connectivity index (χ2n) is 3.34. The Bertz CT molecular complexity index is 445. The number of anilines is 1. The third-order valence-corrected chi connectivity index (χ3v) is 3.11. The highest BCUT2D eigenvalue weighted by atomic mass is 32.2. The van der Waals surface area contributed by atoms with Crippen LogP contribution in [0.4, 0.5) is 5.69 Å². The molecule has 1 aromatic carbocycles. The largest absolute Gasteiger partial charge is 0.371 e. The molecule has 0 bridgehead atoms. The van der Waals surface area contributed by atoms with Gasteiger partial charge in [-0.2, -0.15) is 8.42 Å². The minimum atomic E-state index is -4.14. The molecule has 0 unspecified atom stereocenters. The van der Waals surface area contributed by atoms with Gasteiger partial charge >= 0.3 is 0 Å². The first kappa shape index (κ1) is 13.0. The monoisotopic (exact) mass is 244 g/mol. The molecule has 0 radical (unpaired) electrons. The van der Waals surface area contributed by atoms with E-state index in [1.807, 2.05) is 11.8 Å². The van der Waals surface area contributed by atoms with E-state index in [1.165, 1.54) is 12.1 Å². The molecule has 0 amide bonds. The third-order valence-electron chi connectivity index (χ3n) is 2.26. The van der Waals surface area contributed by atoms with E-state index in [1.54, 1.807) is 12.1 Å². The Labute approximate surface area is 95.6 Å². The van der Waals surface area contributed by atoms with Gasteiger partial charge in [-0.1, -0.05) is 6.07 Å². The summed E-state index contributed by atoms with van der Waals surface area (Å²) in [4.78, 5) is 1.84. The number of hydrogen-bond acceptors (Lipinski definition) is 4. The van der Waals surface area contributed by atoms with Crippen LogP contribution in [0.3, 0.4) is 0 Å². The number of rotatable bonds is 5. The molecular weight excluding hydrogens is 228 g/mol. The van der Waals surface area contributed by atoms with Crippen molar-refractivity contribution in [3.8, 4) is 0 Å². The molecule has 0 atom stereocenters. The number of nitrogens with two attached hydrogens (primary N) is 1. The van der Waals surface area contributed by atoms with Gasteiger partial charge in [-0.25, -0.2) is 0 Å². The highest BCUT2D eigenvalue weighted by Crippen LogP contribution is 2.18. The first-order valence-corrected chi connectivity index (χ1v) is 6.45. The molecule has 0 aliphatic rings. The molecule has 90 valence electrons. The molecule has 0 saturated carbocycles. The predicted octanol–water partition coefficient (Wildman–Crippen LogP) is 0.718. The van der Waals surface area contributed by atoms with Crippen molar-refractivity contribution in [1.82, 2.24) is 0 Å². The highest BCUT2D eigenvalue weighted by molar-refractivity contribution is 7.85. The summed E-state index contributed by atoms with van der Waals surface area (Å²) < 4.78 is 30.9. The fourth-order valence-electron chi connectivity index (χ4n) is 1.47. The number of nitrogens with zero attached hydrogens (tertiary/aromatic N) is 1. The Morgan fingerprint density at radius 1 is 1.44 bits per heavy atom. The van der Waals surface area contributed by atoms with E-state index in [4.69, 9.17) is 10.3 Å². The summed E-state index contributed by atoms with van der Waals surface area (Å²) in [5.74, 6) is 0. The zero-order chi connectivity index (χ0) is 12.2. The predicted molar refractivity (Wildman–Crippen MR) is 63.2 cm³/mol. The fourth-order valence-corrected chi connectivity index (χ4v) is 1.99. The Balaban J connectivity index is 3.06. The van der Waals surface area contributed by atoms with E-state index in [2.05, 4.69) is 0 Å². The second-order valence-corrected chi connectivity index (χ2v) is 4.76. The maximum Gasteiger partial charge on any atom is 0.294 e. The Kier molecular flexibility index (Phi) is 4.28. The normalized spacial score (nSPS) is 11.4. The smallest absolute Gasteiger partial charge is 0.294 e. The van der Waals surface area contributed by atoms with Crippen LogP contribution in [0, 0.1) is 0 Å². The maximum absolute atomic E-state index is 11.0. The standard InChI is InChI=1S/C10H16N2O3S/c1-2-12(7-6-11)9-4-3-5-10(8-9)16(13,14)15/h3-5,8H,2,6-7,11H2,1H3,(H,13,14,15). The summed E-state index contributed by atoms with van der Waals surface area (Å²) in [6, 6.07) is 6.18. The molecule has 0 aliphatic heterocycles. The molecular formula is C10H16N2O3S. The molecule has 5 nitrogen and oxygen atoms in total. The lowest BCUT2D eigenvalue weighted by Gasteiger charge is -2.22. The highest BCUT2D eigenvalue weighted by Gasteiger charge is 2.11. The topological polar surface area (TPSA) is 83.6 Å². The van der Waals surface area contributed by atoms with Crippen LogP contribution in [0.1, 0.15) is 6.92 Å². The van der Waals surface area contributed by atoms with Crippen LogP contribution < -0.4 is 10.6 Å². The molecule has 6 heteroatoms. The van der Waals surface area contributed by atoms with Gasteiger partial charge in [-0.15, -0.1) is 0 Å². The van der Waals surface area contributed by atoms with E-state index in [-0.39, 0.29) is 4.90 Å². The Morgan fingerprint density at radius 2 is 2.12 bits per heavy atom. The van der Waals surface area contributed by atoms with E-state index >= 15 is 0 Å². The molecule has 0 aliphatic carbocycles. The van der Waals surface area contributed by atoms with Crippen molar-refractivity contribution >= 4 is 15.8 Å². The lowest BCUT2D eigenvalue weighted by molar-refractivity contribution is 0.483. The van der Waals surface area contributed by atoms with Crippen molar-refractivity contribution in [2.45, 2.75) is 11.8 Å². The van der Waals surface area contributed by atoms with E-state index in [0.29, 0.717) is 13.1 Å². The summed E-state index contributed by atoms with van der Waals surface area (Å²) in [5, 5.41) is 0. The minimum Gasteiger partial charge on any atom is -0.371 e. The van der Waals surface area contributed by atoms with Crippen molar-refractivity contribution in [3.63, 3.8) is 0 Å². The van der Waals surface area contributed by atoms with E-state index in [0.717, 1.165) is 12.2 Å². The van der Waals surface area contributed by atoms with Gasteiger partial charge in [0.15, 0.2) is 0 Å². The van der Waals surface area contributed by atoms with Crippen LogP contribution in [-0.4, -0.2) is 32.6 Å². The molecule has 0 fully saturated rings. The van der Waals surface area contributed by atoms with Gasteiger partial charge in [-0.05, 0) is 25.1 Å². The Morgan fingerprint density at radius 3 is 2.62 bits per heavy atom. The third kappa shape index (κ3) is 3.19. The van der Waals surface area contributed by atoms with Gasteiger partial charge < -0.3 is 10.6 Å². The van der Waals surface area contributed by atoms with Gasteiger partial charge in [0.05, 0.1) is 4.90 Å². The molecule has 0 aromatic heterocycles. The maximum atomic E-state index is 11.0. The first-order valence-electron chi connectivity index (χ1n) is 5.01. The summed E-state index contributed by atoms with van der Waals surface area (Å²) in [6.07, 6.45) is 0. The van der Waals surface area contributed by atoms with Crippen LogP contribution in [0.25, 0.3) is 0 Å². The van der Waals surface area contributed by atoms with Crippen LogP contribution in [-0.2, 0) is 10.1 Å². The average Bonchev–Trinajstić information content (AvgIpc) is 2.25. The first-order chi connectivity index (χ1) is 7.49. The molecule has 16 heavy (non-hydrogen) atoms. The molecule has 0 spiro atoms. The van der Waals surface area contributed by atoms with Gasteiger partial charge in [0.2, 0.25) is 0 Å². The summed E-state index contributed by atoms with van der Waals surface area (Å²) in [6.45, 7) is 3.82. The summed E-state index contributed by atoms with van der Waals surface area (Å²) in [7, 11) is -4.14. The van der Waals surface area contributed by atoms with Gasteiger partial charge in [0.1, 0.15) is 0 Å². The van der Waals surface area contributed by atoms with E-state index in [9.17, 15) is 8.42 Å². The lowest BCUT2D eigenvalue weighted by Crippen LogP contribution is -2.29. The Hall–Kier alpha value is -1.11. The molecule has 3 N–H and O–H groups in total. The van der Waals surface area contributed by atoms with Crippen LogP contribution in [0.2, 0.25) is 0 Å². The number of likely N-dealkylation sites (N-methyl/N-ethyl adjacent to an activating group) is 1. The minimum absolute atomic E-state index is 0.0968. The molecule has 1 aromatic rings. The molecule has 1 rings (SSSR count). The summed E-state index contributed by atoms with van der Waals surface area (Å²) in [5.41, 5.74) is 6.20.